The number of benzene rings is 4. The molecule has 0 bridgehead atoms. The van der Waals surface area contributed by atoms with Gasteiger partial charge in [-0.05, 0) is 82.5 Å². The highest BCUT2D eigenvalue weighted by atomic mass is 16.1. The van der Waals surface area contributed by atoms with E-state index >= 15 is 0 Å². The van der Waals surface area contributed by atoms with Crippen molar-refractivity contribution in [1.82, 2.24) is 0 Å². The van der Waals surface area contributed by atoms with E-state index in [0.717, 1.165) is 24.7 Å². The first-order valence-corrected chi connectivity index (χ1v) is 13.2. The third-order valence-electron chi connectivity index (χ3n) is 8.40. The smallest absolute Gasteiger partial charge is 0.150 e. The van der Waals surface area contributed by atoms with Crippen LogP contribution in [-0.2, 0) is 12.8 Å². The topological polar surface area (TPSA) is 17.1 Å². The average Bonchev–Trinajstić information content (AvgIpc) is 2.96. The van der Waals surface area contributed by atoms with Crippen molar-refractivity contribution in [2.45, 2.75) is 49.9 Å². The maximum atomic E-state index is 11.2. The Morgan fingerprint density at radius 3 is 2.36 bits per heavy atom. The SMILES string of the molecule is C=Cc1cccc(C2CCCc3ccc(C4Cc5ccccc5C(c5ccc(C=O)cc5)C4)cc32)c1. The second kappa shape index (κ2) is 9.74. The lowest BCUT2D eigenvalue weighted by Gasteiger charge is -2.34. The van der Waals surface area contributed by atoms with E-state index in [1.54, 1.807) is 0 Å². The minimum atomic E-state index is 0.344. The minimum Gasteiger partial charge on any atom is -0.298 e. The lowest BCUT2D eigenvalue weighted by Crippen LogP contribution is -2.19. The molecule has 0 N–H and O–H groups in total. The Labute approximate surface area is 214 Å². The van der Waals surface area contributed by atoms with Crippen LogP contribution in [0.1, 0.15) is 91.9 Å². The van der Waals surface area contributed by atoms with Crippen molar-refractivity contribution in [3.63, 3.8) is 0 Å². The van der Waals surface area contributed by atoms with Gasteiger partial charge in [-0.2, -0.15) is 0 Å². The third kappa shape index (κ3) is 4.24. The van der Waals surface area contributed by atoms with Crippen molar-refractivity contribution in [3.8, 4) is 0 Å². The number of carbonyl (C=O) groups is 1. The zero-order valence-electron chi connectivity index (χ0n) is 20.7. The summed E-state index contributed by atoms with van der Waals surface area (Å²) in [6.45, 7) is 3.98. The number of hydrogen-bond acceptors (Lipinski definition) is 1. The summed E-state index contributed by atoms with van der Waals surface area (Å²) in [5.74, 6) is 1.27. The fourth-order valence-electron chi connectivity index (χ4n) is 6.52. The van der Waals surface area contributed by atoms with E-state index in [2.05, 4.69) is 85.4 Å². The van der Waals surface area contributed by atoms with E-state index in [-0.39, 0.29) is 0 Å². The summed E-state index contributed by atoms with van der Waals surface area (Å²) in [7, 11) is 0. The van der Waals surface area contributed by atoms with Crippen LogP contribution in [0.4, 0.5) is 0 Å². The van der Waals surface area contributed by atoms with Gasteiger partial charge in [0.25, 0.3) is 0 Å². The Morgan fingerprint density at radius 2 is 1.53 bits per heavy atom. The zero-order chi connectivity index (χ0) is 24.5. The number of fused-ring (bicyclic) bond motifs is 2. The highest BCUT2D eigenvalue weighted by Crippen LogP contribution is 2.45. The summed E-state index contributed by atoms with van der Waals surface area (Å²) in [4.78, 5) is 11.2. The number of aldehydes is 1. The maximum absolute atomic E-state index is 11.2. The zero-order valence-corrected chi connectivity index (χ0v) is 20.7. The fraction of sp³-hybridized carbons (Fsp3) is 0.229. The van der Waals surface area contributed by atoms with Gasteiger partial charge in [0, 0.05) is 17.4 Å². The quantitative estimate of drug-likeness (QED) is 0.268. The van der Waals surface area contributed by atoms with Crippen LogP contribution in [0.3, 0.4) is 0 Å². The molecule has 2 aliphatic carbocycles. The number of rotatable bonds is 5. The average molecular weight is 469 g/mol. The van der Waals surface area contributed by atoms with Crippen LogP contribution in [0, 0.1) is 0 Å². The Morgan fingerprint density at radius 1 is 0.694 bits per heavy atom. The van der Waals surface area contributed by atoms with E-state index in [1.807, 2.05) is 18.2 Å². The molecule has 36 heavy (non-hydrogen) atoms. The van der Waals surface area contributed by atoms with Crippen LogP contribution in [-0.4, -0.2) is 6.29 Å². The molecule has 4 aromatic rings. The molecule has 4 aromatic carbocycles. The van der Waals surface area contributed by atoms with Gasteiger partial charge in [0.05, 0.1) is 0 Å². The summed E-state index contributed by atoms with van der Waals surface area (Å²) in [5.41, 5.74) is 12.0. The van der Waals surface area contributed by atoms with Gasteiger partial charge in [-0.3, -0.25) is 4.79 Å². The predicted octanol–water partition coefficient (Wildman–Crippen LogP) is 8.47. The molecular weight excluding hydrogens is 436 g/mol. The molecule has 3 unspecified atom stereocenters. The molecule has 178 valence electrons. The van der Waals surface area contributed by atoms with Crippen LogP contribution < -0.4 is 0 Å². The molecule has 0 fully saturated rings. The standard InChI is InChI=1S/C35H32O/c1-2-24-7-5-10-29(19-24)33-12-6-9-26-17-18-28(21-34(26)33)31-20-30-8-3-4-11-32(30)35(22-31)27-15-13-25(23-36)14-16-27/h2-5,7-8,10-11,13-19,21,23,31,33,35H,1,6,9,12,20,22H2. The van der Waals surface area contributed by atoms with Crippen LogP contribution in [0.15, 0.2) is 97.6 Å². The summed E-state index contributed by atoms with van der Waals surface area (Å²) in [6.07, 6.45) is 8.66. The van der Waals surface area contributed by atoms with Gasteiger partial charge < -0.3 is 0 Å². The number of hydrogen-bond donors (Lipinski definition) is 0. The first kappa shape index (κ1) is 22.7. The molecule has 0 saturated carbocycles. The molecule has 0 amide bonds. The molecule has 0 radical (unpaired) electrons. The van der Waals surface area contributed by atoms with Crippen LogP contribution >= 0.6 is 0 Å². The first-order valence-electron chi connectivity index (χ1n) is 13.2. The van der Waals surface area contributed by atoms with Crippen molar-refractivity contribution in [2.24, 2.45) is 0 Å². The van der Waals surface area contributed by atoms with Crippen LogP contribution in [0.25, 0.3) is 6.08 Å². The summed E-state index contributed by atoms with van der Waals surface area (Å²) >= 11 is 0. The molecule has 6 rings (SSSR count). The van der Waals surface area contributed by atoms with Gasteiger partial charge in [0.15, 0.2) is 0 Å². The van der Waals surface area contributed by atoms with Crippen molar-refractivity contribution in [1.29, 1.82) is 0 Å². The van der Waals surface area contributed by atoms with Gasteiger partial charge in [0.1, 0.15) is 6.29 Å². The first-order chi connectivity index (χ1) is 17.7. The summed E-state index contributed by atoms with van der Waals surface area (Å²) in [5, 5.41) is 0. The van der Waals surface area contributed by atoms with Crippen molar-refractivity contribution < 1.29 is 4.79 Å². The number of aryl methyl sites for hydroxylation is 1. The highest BCUT2D eigenvalue weighted by Gasteiger charge is 2.30. The number of carbonyl (C=O) groups excluding carboxylic acids is 1. The predicted molar refractivity (Wildman–Crippen MR) is 149 cm³/mol. The second-order valence-electron chi connectivity index (χ2n) is 10.4. The largest absolute Gasteiger partial charge is 0.298 e. The highest BCUT2D eigenvalue weighted by molar-refractivity contribution is 5.74. The van der Waals surface area contributed by atoms with E-state index in [9.17, 15) is 4.79 Å². The fourth-order valence-corrected chi connectivity index (χ4v) is 6.52. The molecule has 0 saturated heterocycles. The molecule has 3 atom stereocenters. The molecule has 2 aliphatic rings. The van der Waals surface area contributed by atoms with Crippen LogP contribution in [0.5, 0.6) is 0 Å². The van der Waals surface area contributed by atoms with Gasteiger partial charge in [0.2, 0.25) is 0 Å². The summed E-state index contributed by atoms with van der Waals surface area (Å²) < 4.78 is 0. The Kier molecular flexibility index (Phi) is 6.15. The molecule has 0 spiro atoms. The van der Waals surface area contributed by atoms with Crippen molar-refractivity contribution in [3.05, 3.63) is 148 Å². The van der Waals surface area contributed by atoms with Crippen molar-refractivity contribution >= 4 is 12.4 Å². The van der Waals surface area contributed by atoms with Gasteiger partial charge in [-0.25, -0.2) is 0 Å². The minimum absolute atomic E-state index is 0.344. The molecule has 0 aromatic heterocycles. The maximum Gasteiger partial charge on any atom is 0.150 e. The van der Waals surface area contributed by atoms with Gasteiger partial charge in [-0.15, -0.1) is 0 Å². The Hall–Kier alpha value is -3.71. The molecule has 1 heteroatoms. The summed E-state index contributed by atoms with van der Waals surface area (Å²) in [6, 6.07) is 33.4. The normalized spacial score (nSPS) is 20.7. The Balaban J connectivity index is 1.37. The lowest BCUT2D eigenvalue weighted by atomic mass is 9.70. The van der Waals surface area contributed by atoms with E-state index in [0.29, 0.717) is 17.8 Å². The second-order valence-corrected chi connectivity index (χ2v) is 10.4. The third-order valence-corrected chi connectivity index (χ3v) is 8.40. The van der Waals surface area contributed by atoms with Crippen LogP contribution in [0.2, 0.25) is 0 Å². The van der Waals surface area contributed by atoms with Gasteiger partial charge in [-0.1, -0.05) is 104 Å². The molecule has 0 aliphatic heterocycles. The van der Waals surface area contributed by atoms with Gasteiger partial charge >= 0.3 is 0 Å². The van der Waals surface area contributed by atoms with E-state index in [4.69, 9.17) is 0 Å². The monoisotopic (exact) mass is 468 g/mol. The van der Waals surface area contributed by atoms with Crippen molar-refractivity contribution in [2.75, 3.05) is 0 Å². The Bertz CT molecular complexity index is 1410. The molecule has 0 heterocycles. The lowest BCUT2D eigenvalue weighted by molar-refractivity contribution is 0.112. The van der Waals surface area contributed by atoms with E-state index < -0.39 is 0 Å². The van der Waals surface area contributed by atoms with E-state index in [1.165, 1.54) is 63.8 Å². The molecule has 1 nitrogen and oxygen atoms in total. The molecular formula is C35H32O.